The van der Waals surface area contributed by atoms with Crippen molar-refractivity contribution in [2.24, 2.45) is 5.73 Å². The van der Waals surface area contributed by atoms with Crippen molar-refractivity contribution in [3.8, 4) is 0 Å². The number of anilines is 2. The quantitative estimate of drug-likeness (QED) is 0.817. The Morgan fingerprint density at radius 1 is 1.42 bits per heavy atom. The molecule has 0 bridgehead atoms. The maximum absolute atomic E-state index is 11.8. The summed E-state index contributed by atoms with van der Waals surface area (Å²) in [6.07, 6.45) is 2.98. The molecule has 0 aliphatic rings. The fourth-order valence-electron chi connectivity index (χ4n) is 1.71. The van der Waals surface area contributed by atoms with E-state index in [9.17, 15) is 13.2 Å². The summed E-state index contributed by atoms with van der Waals surface area (Å²) < 4.78 is 23.7. The van der Waals surface area contributed by atoms with Gasteiger partial charge in [0.05, 0.1) is 5.69 Å². The number of carbonyl (C=O) groups is 1. The average Bonchev–Trinajstić information content (AvgIpc) is 2.63. The molecule has 0 spiro atoms. The minimum absolute atomic E-state index is 0.00454. The molecule has 6 nitrogen and oxygen atoms in total. The Hall–Kier alpha value is -1.28. The van der Waals surface area contributed by atoms with Crippen LogP contribution in [0.5, 0.6) is 0 Å². The molecule has 4 N–H and O–H groups in total. The van der Waals surface area contributed by atoms with E-state index >= 15 is 0 Å². The molecule has 1 aromatic rings. The van der Waals surface area contributed by atoms with Crippen LogP contribution < -0.4 is 16.4 Å². The molecule has 0 saturated heterocycles. The second-order valence-corrected chi connectivity index (χ2v) is 7.34. The highest BCUT2D eigenvalue weighted by atomic mass is 32.2. The van der Waals surface area contributed by atoms with Crippen LogP contribution in [0.3, 0.4) is 0 Å². The minimum Gasteiger partial charge on any atom is -0.396 e. The van der Waals surface area contributed by atoms with Gasteiger partial charge in [-0.1, -0.05) is 13.3 Å². The molecule has 108 valence electrons. The summed E-state index contributed by atoms with van der Waals surface area (Å²) >= 11 is 1.03. The molecule has 0 saturated carbocycles. The van der Waals surface area contributed by atoms with Gasteiger partial charge < -0.3 is 16.4 Å². The van der Waals surface area contributed by atoms with Crippen molar-refractivity contribution in [1.29, 1.82) is 0 Å². The van der Waals surface area contributed by atoms with Crippen LogP contribution in [0.4, 0.5) is 10.7 Å². The number of carbonyl (C=O) groups excluding carboxylic acids is 1. The third-order valence-electron chi connectivity index (χ3n) is 2.67. The first-order valence-corrected chi connectivity index (χ1v) is 8.54. The third-order valence-corrected chi connectivity index (χ3v) is 5.29. The van der Waals surface area contributed by atoms with Gasteiger partial charge in [0.25, 0.3) is 5.91 Å². The second-order valence-electron chi connectivity index (χ2n) is 4.39. The highest BCUT2D eigenvalue weighted by Crippen LogP contribution is 2.40. The molecule has 1 aromatic heterocycles. The van der Waals surface area contributed by atoms with Gasteiger partial charge in [-0.15, -0.1) is 11.3 Å². The lowest BCUT2D eigenvalue weighted by atomic mass is 10.3. The molecular formula is C11H19N3O3S2. The van der Waals surface area contributed by atoms with Gasteiger partial charge in [0, 0.05) is 19.8 Å². The summed E-state index contributed by atoms with van der Waals surface area (Å²) in [7, 11) is -1.73. The van der Waals surface area contributed by atoms with Gasteiger partial charge >= 0.3 is 0 Å². The van der Waals surface area contributed by atoms with Crippen molar-refractivity contribution < 1.29 is 13.2 Å². The van der Waals surface area contributed by atoms with E-state index < -0.39 is 15.7 Å². The van der Waals surface area contributed by atoms with Crippen LogP contribution in [0.1, 0.15) is 29.4 Å². The highest BCUT2D eigenvalue weighted by Gasteiger charge is 2.27. The molecule has 0 atom stereocenters. The van der Waals surface area contributed by atoms with Gasteiger partial charge in [0.1, 0.15) is 14.8 Å². The van der Waals surface area contributed by atoms with Gasteiger partial charge in [0.15, 0.2) is 9.84 Å². The number of amides is 1. The van der Waals surface area contributed by atoms with Crippen LogP contribution >= 0.6 is 11.3 Å². The van der Waals surface area contributed by atoms with Crippen molar-refractivity contribution in [3.05, 3.63) is 4.88 Å². The third kappa shape index (κ3) is 3.38. The Morgan fingerprint density at radius 2 is 2.00 bits per heavy atom. The summed E-state index contributed by atoms with van der Waals surface area (Å²) in [5, 5.41) is 0.474. The van der Waals surface area contributed by atoms with Crippen molar-refractivity contribution in [3.63, 3.8) is 0 Å². The zero-order valence-corrected chi connectivity index (χ0v) is 12.9. The maximum Gasteiger partial charge on any atom is 0.261 e. The molecule has 0 aromatic carbocycles. The lowest BCUT2D eigenvalue weighted by Crippen LogP contribution is -2.19. The van der Waals surface area contributed by atoms with E-state index in [4.69, 9.17) is 11.5 Å². The summed E-state index contributed by atoms with van der Waals surface area (Å²) in [5.74, 6) is -0.706. The minimum atomic E-state index is -3.51. The Balaban J connectivity index is 3.38. The Bertz CT molecular complexity index is 578. The van der Waals surface area contributed by atoms with Crippen LogP contribution in [0, 0.1) is 0 Å². The van der Waals surface area contributed by atoms with Crippen LogP contribution in [-0.2, 0) is 9.84 Å². The number of sulfone groups is 1. The summed E-state index contributed by atoms with van der Waals surface area (Å²) in [4.78, 5) is 13.2. The zero-order valence-electron chi connectivity index (χ0n) is 11.3. The fourth-order valence-corrected chi connectivity index (χ4v) is 4.28. The van der Waals surface area contributed by atoms with E-state index in [2.05, 4.69) is 0 Å². The monoisotopic (exact) mass is 305 g/mol. The van der Waals surface area contributed by atoms with E-state index in [-0.39, 0.29) is 15.5 Å². The molecule has 8 heteroatoms. The summed E-state index contributed by atoms with van der Waals surface area (Å²) in [6.45, 7) is 2.74. The van der Waals surface area contributed by atoms with E-state index in [0.717, 1.165) is 30.4 Å². The van der Waals surface area contributed by atoms with E-state index in [0.29, 0.717) is 11.5 Å². The molecule has 0 aliphatic carbocycles. The molecule has 0 radical (unpaired) electrons. The number of hydrogen-bond acceptors (Lipinski definition) is 6. The topological polar surface area (TPSA) is 106 Å². The molecule has 0 unspecified atom stereocenters. The van der Waals surface area contributed by atoms with Crippen molar-refractivity contribution in [2.45, 2.75) is 24.7 Å². The molecule has 1 heterocycles. The SMILES string of the molecule is CCCCN(C)c1sc(C(N)=O)c(N)c1S(C)(=O)=O. The number of rotatable bonds is 6. The molecule has 19 heavy (non-hydrogen) atoms. The first kappa shape index (κ1) is 15.8. The van der Waals surface area contributed by atoms with E-state index in [1.54, 1.807) is 11.9 Å². The molecular weight excluding hydrogens is 286 g/mol. The maximum atomic E-state index is 11.8. The highest BCUT2D eigenvalue weighted by molar-refractivity contribution is 7.91. The summed E-state index contributed by atoms with van der Waals surface area (Å²) in [5.41, 5.74) is 10.9. The number of hydrogen-bond donors (Lipinski definition) is 2. The zero-order chi connectivity index (χ0) is 14.8. The average molecular weight is 305 g/mol. The van der Waals surface area contributed by atoms with Crippen LogP contribution in [-0.4, -0.2) is 34.2 Å². The molecule has 1 rings (SSSR count). The predicted octanol–water partition coefficient (Wildman–Crippen LogP) is 1.07. The van der Waals surface area contributed by atoms with Gasteiger partial charge in [-0.3, -0.25) is 4.79 Å². The van der Waals surface area contributed by atoms with Crippen LogP contribution in [0.15, 0.2) is 4.90 Å². The predicted molar refractivity (Wildman–Crippen MR) is 78.5 cm³/mol. The lowest BCUT2D eigenvalue weighted by molar-refractivity contribution is 0.100. The number of nitrogen functional groups attached to an aromatic ring is 1. The van der Waals surface area contributed by atoms with Gasteiger partial charge in [-0.05, 0) is 6.42 Å². The van der Waals surface area contributed by atoms with E-state index in [1.807, 2.05) is 6.92 Å². The van der Waals surface area contributed by atoms with Crippen molar-refractivity contribution in [1.82, 2.24) is 0 Å². The number of nitrogens with zero attached hydrogens (tertiary/aromatic N) is 1. The summed E-state index contributed by atoms with van der Waals surface area (Å²) in [6, 6.07) is 0. The smallest absolute Gasteiger partial charge is 0.261 e. The Morgan fingerprint density at radius 3 is 2.42 bits per heavy atom. The van der Waals surface area contributed by atoms with Gasteiger partial charge in [-0.2, -0.15) is 0 Å². The standard InChI is InChI=1S/C11H19N3O3S2/c1-4-5-6-14(2)11-9(19(3,16)17)7(12)8(18-11)10(13)15/h4-6,12H2,1-3H3,(H2,13,15). The van der Waals surface area contributed by atoms with Gasteiger partial charge in [-0.25, -0.2) is 8.42 Å². The van der Waals surface area contributed by atoms with Crippen molar-refractivity contribution >= 4 is 37.8 Å². The number of nitrogens with two attached hydrogens (primary N) is 2. The molecule has 1 amide bonds. The fraction of sp³-hybridized carbons (Fsp3) is 0.545. The Kier molecular flexibility index (Phi) is 4.81. The number of primary amides is 1. The molecule has 0 fully saturated rings. The number of unbranched alkanes of at least 4 members (excludes halogenated alkanes) is 1. The van der Waals surface area contributed by atoms with Crippen LogP contribution in [0.25, 0.3) is 0 Å². The Labute approximate surface area is 117 Å². The largest absolute Gasteiger partial charge is 0.396 e. The van der Waals surface area contributed by atoms with E-state index in [1.165, 1.54) is 0 Å². The van der Waals surface area contributed by atoms with Gasteiger partial charge in [0.2, 0.25) is 0 Å². The normalized spacial score (nSPS) is 11.5. The van der Waals surface area contributed by atoms with Crippen molar-refractivity contribution in [2.75, 3.05) is 30.5 Å². The lowest BCUT2D eigenvalue weighted by Gasteiger charge is -2.18. The first-order valence-electron chi connectivity index (χ1n) is 5.83. The second kappa shape index (κ2) is 5.79. The van der Waals surface area contributed by atoms with Crippen LogP contribution in [0.2, 0.25) is 0 Å². The molecule has 0 aliphatic heterocycles. The number of thiophene rings is 1. The first-order chi connectivity index (χ1) is 8.70.